The Balaban J connectivity index is 1.90. The average molecular weight is 450 g/mol. The van der Waals surface area contributed by atoms with Crippen LogP contribution < -0.4 is 10.5 Å². The van der Waals surface area contributed by atoms with Gasteiger partial charge >= 0.3 is 5.97 Å². The molecule has 3 N–H and O–H groups in total. The zero-order valence-corrected chi connectivity index (χ0v) is 14.5. The largest absolute Gasteiger partial charge is 0.450 e. The number of furan rings is 1. The zero-order chi connectivity index (χ0) is 17.0. The van der Waals surface area contributed by atoms with E-state index in [-0.39, 0.29) is 5.76 Å². The standard InChI is InChI=1S/C13H11IN2O6S/c14-8-1-3-9(4-2-8)16-11(17)7-21-13(18)10-5-6-12(22-10)23(15,19)20/h1-6H,7H2,(H,16,17)(H2,15,19,20). The van der Waals surface area contributed by atoms with Gasteiger partial charge in [0.1, 0.15) is 0 Å². The highest BCUT2D eigenvalue weighted by Crippen LogP contribution is 2.13. The van der Waals surface area contributed by atoms with E-state index in [1.165, 1.54) is 0 Å². The van der Waals surface area contributed by atoms with Gasteiger partial charge in [-0.1, -0.05) is 0 Å². The van der Waals surface area contributed by atoms with E-state index >= 15 is 0 Å². The molecule has 0 fully saturated rings. The second-order valence-corrected chi connectivity index (χ2v) is 7.03. The molecule has 1 heterocycles. The lowest BCUT2D eigenvalue weighted by Gasteiger charge is -2.05. The van der Waals surface area contributed by atoms with Crippen LogP contribution in [0.1, 0.15) is 10.6 Å². The second-order valence-electron chi connectivity index (χ2n) is 4.29. The van der Waals surface area contributed by atoms with Gasteiger partial charge in [0.2, 0.25) is 10.9 Å². The van der Waals surface area contributed by atoms with Crippen molar-refractivity contribution in [2.24, 2.45) is 5.14 Å². The molecule has 0 atom stereocenters. The van der Waals surface area contributed by atoms with E-state index < -0.39 is 33.6 Å². The van der Waals surface area contributed by atoms with Gasteiger partial charge < -0.3 is 14.5 Å². The van der Waals surface area contributed by atoms with Crippen molar-refractivity contribution >= 4 is 50.2 Å². The average Bonchev–Trinajstić information content (AvgIpc) is 2.97. The molecule has 0 spiro atoms. The first-order valence-corrected chi connectivity index (χ1v) is 8.73. The Morgan fingerprint density at radius 1 is 1.17 bits per heavy atom. The maximum absolute atomic E-state index is 11.7. The van der Waals surface area contributed by atoms with E-state index in [9.17, 15) is 18.0 Å². The van der Waals surface area contributed by atoms with Gasteiger partial charge in [0.05, 0.1) is 0 Å². The quantitative estimate of drug-likeness (QED) is 0.523. The SMILES string of the molecule is NS(=O)(=O)c1ccc(C(=O)OCC(=O)Nc2ccc(I)cc2)o1. The van der Waals surface area contributed by atoms with E-state index in [0.29, 0.717) is 5.69 Å². The van der Waals surface area contributed by atoms with Crippen LogP contribution in [0.4, 0.5) is 5.69 Å². The molecule has 0 radical (unpaired) electrons. The Bertz CT molecular complexity index is 828. The molecule has 2 rings (SSSR count). The number of nitrogens with one attached hydrogen (secondary N) is 1. The lowest BCUT2D eigenvalue weighted by atomic mass is 10.3. The van der Waals surface area contributed by atoms with Crippen LogP contribution in [0.15, 0.2) is 45.9 Å². The summed E-state index contributed by atoms with van der Waals surface area (Å²) in [6.45, 7) is -0.545. The summed E-state index contributed by atoms with van der Waals surface area (Å²) in [4.78, 5) is 23.3. The van der Waals surface area contributed by atoms with Gasteiger partial charge in [0.15, 0.2) is 6.61 Å². The highest BCUT2D eigenvalue weighted by molar-refractivity contribution is 14.1. The molecule has 0 saturated heterocycles. The number of ether oxygens (including phenoxy) is 1. The van der Waals surface area contributed by atoms with Crippen LogP contribution in [0.2, 0.25) is 0 Å². The summed E-state index contributed by atoms with van der Waals surface area (Å²) in [5.41, 5.74) is 0.556. The molecule has 0 saturated carbocycles. The molecule has 1 amide bonds. The molecule has 1 aromatic carbocycles. The molecule has 23 heavy (non-hydrogen) atoms. The van der Waals surface area contributed by atoms with Crippen LogP contribution in [0, 0.1) is 3.57 Å². The number of anilines is 1. The molecule has 0 aliphatic heterocycles. The maximum atomic E-state index is 11.7. The molecule has 0 unspecified atom stereocenters. The second kappa shape index (κ2) is 7.10. The van der Waals surface area contributed by atoms with E-state index in [4.69, 9.17) is 14.3 Å². The van der Waals surface area contributed by atoms with Gasteiger partial charge in [-0.3, -0.25) is 4.79 Å². The Kier molecular flexibility index (Phi) is 5.38. The number of carbonyl (C=O) groups excluding carboxylic acids is 2. The third kappa shape index (κ3) is 5.04. The normalized spacial score (nSPS) is 11.0. The molecule has 8 nitrogen and oxygen atoms in total. The van der Waals surface area contributed by atoms with Crippen molar-refractivity contribution in [1.82, 2.24) is 0 Å². The number of halogens is 1. The third-order valence-corrected chi connectivity index (χ3v) is 4.02. The predicted octanol–water partition coefficient (Wildman–Crippen LogP) is 1.33. The number of nitrogens with two attached hydrogens (primary N) is 1. The minimum Gasteiger partial charge on any atom is -0.450 e. The number of primary sulfonamides is 1. The first kappa shape index (κ1) is 17.4. The molecule has 0 bridgehead atoms. The number of hydrogen-bond donors (Lipinski definition) is 2. The monoisotopic (exact) mass is 450 g/mol. The Labute approximate surface area is 145 Å². The molecule has 0 aliphatic rings. The van der Waals surface area contributed by atoms with E-state index in [1.807, 2.05) is 0 Å². The fraction of sp³-hybridized carbons (Fsp3) is 0.0769. The number of amides is 1. The van der Waals surface area contributed by atoms with Gasteiger partial charge in [0.25, 0.3) is 15.9 Å². The summed E-state index contributed by atoms with van der Waals surface area (Å²) < 4.78 is 32.6. The van der Waals surface area contributed by atoms with Crippen LogP contribution in [-0.2, 0) is 19.6 Å². The number of esters is 1. The Hall–Kier alpha value is -1.92. The fourth-order valence-electron chi connectivity index (χ4n) is 1.52. The van der Waals surface area contributed by atoms with E-state index in [0.717, 1.165) is 15.7 Å². The predicted molar refractivity (Wildman–Crippen MR) is 88.2 cm³/mol. The van der Waals surface area contributed by atoms with Crippen molar-refractivity contribution in [3.63, 3.8) is 0 Å². The fourth-order valence-corrected chi connectivity index (χ4v) is 2.34. The number of hydrogen-bond acceptors (Lipinski definition) is 6. The molecule has 0 aliphatic carbocycles. The molecule has 2 aromatic rings. The lowest BCUT2D eigenvalue weighted by Crippen LogP contribution is -2.20. The van der Waals surface area contributed by atoms with E-state index in [2.05, 4.69) is 27.9 Å². The van der Waals surface area contributed by atoms with Gasteiger partial charge in [-0.2, -0.15) is 0 Å². The summed E-state index contributed by atoms with van der Waals surface area (Å²) in [7, 11) is -4.05. The van der Waals surface area contributed by atoms with Crippen LogP contribution in [0.5, 0.6) is 0 Å². The minimum absolute atomic E-state index is 0.365. The highest BCUT2D eigenvalue weighted by atomic mass is 127. The van der Waals surface area contributed by atoms with E-state index in [1.54, 1.807) is 24.3 Å². The van der Waals surface area contributed by atoms with Gasteiger partial charge in [-0.05, 0) is 59.0 Å². The van der Waals surface area contributed by atoms with Gasteiger partial charge in [-0.25, -0.2) is 18.4 Å². The van der Waals surface area contributed by atoms with Gasteiger partial charge in [-0.15, -0.1) is 0 Å². The smallest absolute Gasteiger partial charge is 0.374 e. The molecular weight excluding hydrogens is 439 g/mol. The van der Waals surface area contributed by atoms with Crippen molar-refractivity contribution < 1.29 is 27.2 Å². The summed E-state index contributed by atoms with van der Waals surface area (Å²) >= 11 is 2.13. The summed E-state index contributed by atoms with van der Waals surface area (Å²) in [5, 5.41) is 6.83. The highest BCUT2D eigenvalue weighted by Gasteiger charge is 2.19. The number of rotatable bonds is 5. The van der Waals surface area contributed by atoms with Crippen LogP contribution in [-0.4, -0.2) is 26.9 Å². The summed E-state index contributed by atoms with van der Waals surface area (Å²) in [5.74, 6) is -1.88. The number of carbonyl (C=O) groups is 2. The first-order chi connectivity index (χ1) is 10.8. The molecule has 122 valence electrons. The van der Waals surface area contributed by atoms with Crippen LogP contribution in [0.3, 0.4) is 0 Å². The number of sulfonamides is 1. The zero-order valence-electron chi connectivity index (χ0n) is 11.5. The molecule has 10 heteroatoms. The maximum Gasteiger partial charge on any atom is 0.374 e. The van der Waals surface area contributed by atoms with Crippen molar-refractivity contribution in [3.8, 4) is 0 Å². The summed E-state index contributed by atoms with van der Waals surface area (Å²) in [6.07, 6.45) is 0. The Morgan fingerprint density at radius 2 is 1.83 bits per heavy atom. The topological polar surface area (TPSA) is 129 Å². The molecule has 1 aromatic heterocycles. The van der Waals surface area contributed by atoms with Crippen LogP contribution >= 0.6 is 22.6 Å². The summed E-state index contributed by atoms with van der Waals surface area (Å²) in [6, 6.07) is 9.13. The van der Waals surface area contributed by atoms with Crippen molar-refractivity contribution in [2.75, 3.05) is 11.9 Å². The number of benzene rings is 1. The van der Waals surface area contributed by atoms with Crippen LogP contribution in [0.25, 0.3) is 0 Å². The first-order valence-electron chi connectivity index (χ1n) is 6.11. The van der Waals surface area contributed by atoms with Gasteiger partial charge in [0, 0.05) is 9.26 Å². The Morgan fingerprint density at radius 3 is 2.39 bits per heavy atom. The van der Waals surface area contributed by atoms with Crippen molar-refractivity contribution in [3.05, 3.63) is 45.7 Å². The lowest BCUT2D eigenvalue weighted by molar-refractivity contribution is -0.119. The molecular formula is C13H11IN2O6S. The third-order valence-electron chi connectivity index (χ3n) is 2.53. The van der Waals surface area contributed by atoms with Crippen molar-refractivity contribution in [1.29, 1.82) is 0 Å². The minimum atomic E-state index is -4.05. The van der Waals surface area contributed by atoms with Crippen molar-refractivity contribution in [2.45, 2.75) is 5.09 Å².